The van der Waals surface area contributed by atoms with E-state index in [0.717, 1.165) is 6.07 Å². The molecule has 0 spiro atoms. The fourth-order valence-electron chi connectivity index (χ4n) is 1.67. The second-order valence-corrected chi connectivity index (χ2v) is 4.27. The Morgan fingerprint density at radius 1 is 1.48 bits per heavy atom. The van der Waals surface area contributed by atoms with Gasteiger partial charge in [0.05, 0.1) is 4.92 Å². The third-order valence-corrected chi connectivity index (χ3v) is 2.74. The number of aliphatic carboxylic acids is 1. The smallest absolute Gasteiger partial charge is 0.326 e. The van der Waals surface area contributed by atoms with Gasteiger partial charge in [-0.1, -0.05) is 6.07 Å². The number of terminal acetylenes is 1. The van der Waals surface area contributed by atoms with Crippen LogP contribution in [0.1, 0.15) is 29.6 Å². The van der Waals surface area contributed by atoms with E-state index >= 15 is 0 Å². The average molecular weight is 290 g/mol. The first kappa shape index (κ1) is 16.2. The van der Waals surface area contributed by atoms with Crippen LogP contribution in [0, 0.1) is 22.5 Å². The van der Waals surface area contributed by atoms with Gasteiger partial charge in [-0.05, 0) is 18.9 Å². The molecule has 0 radical (unpaired) electrons. The second kappa shape index (κ2) is 7.65. The minimum Gasteiger partial charge on any atom is -0.480 e. The van der Waals surface area contributed by atoms with Gasteiger partial charge in [0.1, 0.15) is 6.04 Å². The van der Waals surface area contributed by atoms with Crippen LogP contribution in [-0.4, -0.2) is 27.9 Å². The van der Waals surface area contributed by atoms with Gasteiger partial charge in [0.15, 0.2) is 0 Å². The van der Waals surface area contributed by atoms with Crippen LogP contribution in [0.25, 0.3) is 0 Å². The lowest BCUT2D eigenvalue weighted by Gasteiger charge is -2.13. The highest BCUT2D eigenvalue weighted by Gasteiger charge is 2.21. The van der Waals surface area contributed by atoms with Crippen LogP contribution in [0.2, 0.25) is 0 Å². The molecule has 0 fully saturated rings. The highest BCUT2D eigenvalue weighted by Crippen LogP contribution is 2.13. The molecule has 0 saturated heterocycles. The SMILES string of the molecule is C#CCCC[C@@H](NC(=O)c1cccc([N+](=O)[O-])c1)C(=O)O. The minimum absolute atomic E-state index is 0.0346. The van der Waals surface area contributed by atoms with Gasteiger partial charge >= 0.3 is 5.97 Å². The lowest BCUT2D eigenvalue weighted by atomic mass is 10.1. The van der Waals surface area contributed by atoms with Gasteiger partial charge in [-0.15, -0.1) is 12.3 Å². The number of unbranched alkanes of at least 4 members (excludes halogenated alkanes) is 1. The fraction of sp³-hybridized carbons (Fsp3) is 0.286. The summed E-state index contributed by atoms with van der Waals surface area (Å²) >= 11 is 0. The molecule has 0 unspecified atom stereocenters. The van der Waals surface area contributed by atoms with E-state index in [1.807, 2.05) is 0 Å². The second-order valence-electron chi connectivity index (χ2n) is 4.27. The van der Waals surface area contributed by atoms with E-state index < -0.39 is 22.8 Å². The Balaban J connectivity index is 2.77. The molecule has 0 aromatic heterocycles. The Labute approximate surface area is 121 Å². The summed E-state index contributed by atoms with van der Waals surface area (Å²) in [7, 11) is 0. The Morgan fingerprint density at radius 3 is 2.76 bits per heavy atom. The number of hydrogen-bond acceptors (Lipinski definition) is 4. The zero-order valence-corrected chi connectivity index (χ0v) is 11.1. The van der Waals surface area contributed by atoms with Crippen LogP contribution in [0.15, 0.2) is 24.3 Å². The maximum Gasteiger partial charge on any atom is 0.326 e. The van der Waals surface area contributed by atoms with E-state index in [4.69, 9.17) is 11.5 Å². The Bertz CT molecular complexity index is 591. The molecule has 0 heterocycles. The summed E-state index contributed by atoms with van der Waals surface area (Å²) in [5.41, 5.74) is -0.200. The first-order chi connectivity index (χ1) is 9.95. The maximum absolute atomic E-state index is 11.9. The molecule has 1 amide bonds. The van der Waals surface area contributed by atoms with Crippen molar-refractivity contribution in [1.29, 1.82) is 0 Å². The number of rotatable bonds is 7. The van der Waals surface area contributed by atoms with Crippen LogP contribution in [-0.2, 0) is 4.79 Å². The highest BCUT2D eigenvalue weighted by molar-refractivity contribution is 5.97. The number of nitrogens with zero attached hydrogens (tertiary/aromatic N) is 1. The summed E-state index contributed by atoms with van der Waals surface area (Å²) in [4.78, 5) is 33.0. The first-order valence-electron chi connectivity index (χ1n) is 6.17. The summed E-state index contributed by atoms with van der Waals surface area (Å²) in [6, 6.07) is 4.00. The Hall–Kier alpha value is -2.88. The minimum atomic E-state index is -1.18. The average Bonchev–Trinajstić information content (AvgIpc) is 2.46. The topological polar surface area (TPSA) is 110 Å². The molecule has 1 rings (SSSR count). The molecule has 110 valence electrons. The van der Waals surface area contributed by atoms with E-state index in [9.17, 15) is 19.7 Å². The molecule has 7 nitrogen and oxygen atoms in total. The van der Waals surface area contributed by atoms with Crippen molar-refractivity contribution in [2.75, 3.05) is 0 Å². The molecule has 2 N–H and O–H groups in total. The van der Waals surface area contributed by atoms with E-state index in [2.05, 4.69) is 11.2 Å². The van der Waals surface area contributed by atoms with Crippen molar-refractivity contribution in [1.82, 2.24) is 5.32 Å². The molecule has 21 heavy (non-hydrogen) atoms. The van der Waals surface area contributed by atoms with E-state index in [1.54, 1.807) is 0 Å². The summed E-state index contributed by atoms with van der Waals surface area (Å²) in [5, 5.41) is 22.0. The number of benzene rings is 1. The molecular weight excluding hydrogens is 276 g/mol. The molecule has 1 aromatic rings. The molecule has 1 aromatic carbocycles. The quantitative estimate of drug-likeness (QED) is 0.343. The van der Waals surface area contributed by atoms with Gasteiger partial charge < -0.3 is 10.4 Å². The predicted molar refractivity (Wildman–Crippen MR) is 74.7 cm³/mol. The largest absolute Gasteiger partial charge is 0.480 e. The summed E-state index contributed by atoms with van der Waals surface area (Å²) < 4.78 is 0. The van der Waals surface area contributed by atoms with Gasteiger partial charge in [-0.2, -0.15) is 0 Å². The maximum atomic E-state index is 11.9. The lowest BCUT2D eigenvalue weighted by Crippen LogP contribution is -2.40. The fourth-order valence-corrected chi connectivity index (χ4v) is 1.67. The number of carboxylic acids is 1. The summed E-state index contributed by atoms with van der Waals surface area (Å²) in [6.07, 6.45) is 6.15. The van der Waals surface area contributed by atoms with Gasteiger partial charge in [0.25, 0.3) is 11.6 Å². The standard InChI is InChI=1S/C14H14N2O5/c1-2-3-4-8-12(14(18)19)15-13(17)10-6-5-7-11(9-10)16(20)21/h1,5-7,9,12H,3-4,8H2,(H,15,17)(H,18,19)/t12-/m1/s1. The Morgan fingerprint density at radius 2 is 2.19 bits per heavy atom. The van der Waals surface area contributed by atoms with Crippen molar-refractivity contribution in [3.8, 4) is 12.3 Å². The zero-order chi connectivity index (χ0) is 15.8. The molecule has 0 aliphatic heterocycles. The number of hydrogen-bond donors (Lipinski definition) is 2. The lowest BCUT2D eigenvalue weighted by molar-refractivity contribution is -0.384. The third kappa shape index (κ3) is 4.95. The third-order valence-electron chi connectivity index (χ3n) is 2.74. The van der Waals surface area contributed by atoms with Crippen molar-refractivity contribution in [3.05, 3.63) is 39.9 Å². The summed E-state index contributed by atoms with van der Waals surface area (Å²) in [6.45, 7) is 0. The number of non-ortho nitro benzene ring substituents is 1. The number of nitrogens with one attached hydrogen (secondary N) is 1. The number of amides is 1. The van der Waals surface area contributed by atoms with Crippen molar-refractivity contribution in [2.24, 2.45) is 0 Å². The van der Waals surface area contributed by atoms with Crippen LogP contribution in [0.5, 0.6) is 0 Å². The molecule has 1 atom stereocenters. The van der Waals surface area contributed by atoms with Crippen LogP contribution in [0.4, 0.5) is 5.69 Å². The van der Waals surface area contributed by atoms with Gasteiger partial charge in [-0.3, -0.25) is 14.9 Å². The van der Waals surface area contributed by atoms with Gasteiger partial charge in [0, 0.05) is 24.1 Å². The monoisotopic (exact) mass is 290 g/mol. The molecule has 0 aliphatic rings. The number of nitro groups is 1. The number of carbonyl (C=O) groups is 2. The summed E-state index contributed by atoms with van der Waals surface area (Å²) in [5.74, 6) is 0.537. The van der Waals surface area contributed by atoms with Gasteiger partial charge in [-0.25, -0.2) is 4.79 Å². The number of nitro benzene ring substituents is 1. The Kier molecular flexibility index (Phi) is 5.89. The molecule has 0 saturated carbocycles. The van der Waals surface area contributed by atoms with Crippen molar-refractivity contribution >= 4 is 17.6 Å². The molecule has 0 bridgehead atoms. The zero-order valence-electron chi connectivity index (χ0n) is 11.1. The molecule has 0 aliphatic carbocycles. The van der Waals surface area contributed by atoms with Gasteiger partial charge in [0.2, 0.25) is 0 Å². The number of carbonyl (C=O) groups excluding carboxylic acids is 1. The van der Waals surface area contributed by atoms with Crippen molar-refractivity contribution < 1.29 is 19.6 Å². The van der Waals surface area contributed by atoms with E-state index in [0.29, 0.717) is 12.8 Å². The molecular formula is C14H14N2O5. The molecule has 7 heteroatoms. The normalized spacial score (nSPS) is 11.2. The van der Waals surface area contributed by atoms with Crippen LogP contribution >= 0.6 is 0 Å². The van der Waals surface area contributed by atoms with Crippen LogP contribution in [0.3, 0.4) is 0 Å². The first-order valence-corrected chi connectivity index (χ1v) is 6.17. The van der Waals surface area contributed by atoms with Crippen LogP contribution < -0.4 is 5.32 Å². The van der Waals surface area contributed by atoms with E-state index in [-0.39, 0.29) is 17.7 Å². The number of carboxylic acid groups (broad SMARTS) is 1. The van der Waals surface area contributed by atoms with Crippen molar-refractivity contribution in [3.63, 3.8) is 0 Å². The predicted octanol–water partition coefficient (Wildman–Crippen LogP) is 1.58. The van der Waals surface area contributed by atoms with Crippen molar-refractivity contribution in [2.45, 2.75) is 25.3 Å². The highest BCUT2D eigenvalue weighted by atomic mass is 16.6. The van der Waals surface area contributed by atoms with E-state index in [1.165, 1.54) is 18.2 Å².